The lowest BCUT2D eigenvalue weighted by Gasteiger charge is -2.35. The van der Waals surface area contributed by atoms with E-state index in [9.17, 15) is 18.0 Å². The van der Waals surface area contributed by atoms with Crippen LogP contribution in [0.2, 0.25) is 0 Å². The molecule has 1 unspecified atom stereocenters. The number of rotatable bonds is 4. The Kier molecular flexibility index (Phi) is 5.26. The van der Waals surface area contributed by atoms with E-state index in [1.807, 2.05) is 4.90 Å². The smallest absolute Gasteiger partial charge is 0.252 e. The third-order valence-corrected chi connectivity index (χ3v) is 9.18. The summed E-state index contributed by atoms with van der Waals surface area (Å²) in [6.45, 7) is 1.91. The molecule has 9 heteroatoms. The van der Waals surface area contributed by atoms with Gasteiger partial charge in [-0.15, -0.1) is 11.3 Å². The molecule has 3 aliphatic rings. The van der Waals surface area contributed by atoms with Gasteiger partial charge in [0.15, 0.2) is 0 Å². The SMILES string of the molecule is O=C(C1CC(=O)N(C2CCCC2)C1)N1CCN(S(=O)(=O)c2cccs2)CC1. The molecule has 0 spiro atoms. The Bertz CT molecular complexity index is 795. The molecule has 2 aliphatic heterocycles. The highest BCUT2D eigenvalue weighted by atomic mass is 32.2. The van der Waals surface area contributed by atoms with Crippen molar-refractivity contribution in [2.24, 2.45) is 5.92 Å². The summed E-state index contributed by atoms with van der Waals surface area (Å²) in [5, 5.41) is 1.75. The number of carbonyl (C=O) groups is 2. The molecule has 1 atom stereocenters. The molecule has 1 aromatic heterocycles. The van der Waals surface area contributed by atoms with E-state index in [2.05, 4.69) is 0 Å². The lowest BCUT2D eigenvalue weighted by molar-refractivity contribution is -0.137. The normalized spacial score (nSPS) is 25.5. The van der Waals surface area contributed by atoms with Crippen molar-refractivity contribution in [3.63, 3.8) is 0 Å². The molecule has 0 aromatic carbocycles. The van der Waals surface area contributed by atoms with Crippen molar-refractivity contribution in [1.29, 1.82) is 0 Å². The van der Waals surface area contributed by atoms with E-state index in [1.165, 1.54) is 15.6 Å². The van der Waals surface area contributed by atoms with Crippen LogP contribution < -0.4 is 0 Å². The van der Waals surface area contributed by atoms with Crippen LogP contribution in [0.15, 0.2) is 21.7 Å². The van der Waals surface area contributed by atoms with Gasteiger partial charge in [-0.25, -0.2) is 8.42 Å². The predicted molar refractivity (Wildman–Crippen MR) is 102 cm³/mol. The monoisotopic (exact) mass is 411 g/mol. The molecule has 1 saturated carbocycles. The van der Waals surface area contributed by atoms with Crippen LogP contribution in [0.5, 0.6) is 0 Å². The van der Waals surface area contributed by atoms with Gasteiger partial charge in [-0.05, 0) is 24.3 Å². The van der Waals surface area contributed by atoms with E-state index in [0.717, 1.165) is 25.7 Å². The number of hydrogen-bond acceptors (Lipinski definition) is 5. The fraction of sp³-hybridized carbons (Fsp3) is 0.667. The van der Waals surface area contributed by atoms with Gasteiger partial charge in [0.25, 0.3) is 10.0 Å². The average Bonchev–Trinajstić information content (AvgIpc) is 3.42. The molecule has 148 valence electrons. The topological polar surface area (TPSA) is 78.0 Å². The van der Waals surface area contributed by atoms with Crippen molar-refractivity contribution in [2.45, 2.75) is 42.4 Å². The number of thiophene rings is 1. The number of sulfonamides is 1. The number of likely N-dealkylation sites (tertiary alicyclic amines) is 1. The zero-order chi connectivity index (χ0) is 19.0. The highest BCUT2D eigenvalue weighted by Crippen LogP contribution is 2.30. The third-order valence-electron chi connectivity index (χ3n) is 5.91. The van der Waals surface area contributed by atoms with Crippen LogP contribution in [0.3, 0.4) is 0 Å². The van der Waals surface area contributed by atoms with E-state index in [0.29, 0.717) is 49.4 Å². The van der Waals surface area contributed by atoms with Gasteiger partial charge in [0.2, 0.25) is 11.8 Å². The number of piperazine rings is 1. The Morgan fingerprint density at radius 3 is 2.44 bits per heavy atom. The number of amides is 2. The van der Waals surface area contributed by atoms with Crippen LogP contribution in [0.4, 0.5) is 0 Å². The summed E-state index contributed by atoms with van der Waals surface area (Å²) >= 11 is 1.21. The standard InChI is InChI=1S/C18H25N3O4S2/c22-16-12-14(13-21(16)15-4-1-2-5-15)18(23)19-7-9-20(10-8-19)27(24,25)17-6-3-11-26-17/h3,6,11,14-15H,1-2,4-5,7-10,12-13H2. The van der Waals surface area contributed by atoms with Gasteiger partial charge in [0, 0.05) is 45.2 Å². The van der Waals surface area contributed by atoms with Crippen LogP contribution in [0.25, 0.3) is 0 Å². The van der Waals surface area contributed by atoms with E-state index in [1.54, 1.807) is 22.4 Å². The summed E-state index contributed by atoms with van der Waals surface area (Å²) in [5.41, 5.74) is 0. The van der Waals surface area contributed by atoms with Gasteiger partial charge in [-0.2, -0.15) is 4.31 Å². The highest BCUT2D eigenvalue weighted by Gasteiger charge is 2.41. The molecule has 0 bridgehead atoms. The van der Waals surface area contributed by atoms with E-state index < -0.39 is 10.0 Å². The Morgan fingerprint density at radius 2 is 1.81 bits per heavy atom. The minimum absolute atomic E-state index is 0.00276. The summed E-state index contributed by atoms with van der Waals surface area (Å²) in [6, 6.07) is 3.65. The van der Waals surface area contributed by atoms with Gasteiger partial charge in [0.1, 0.15) is 4.21 Å². The molecule has 27 heavy (non-hydrogen) atoms. The summed E-state index contributed by atoms with van der Waals surface area (Å²) in [6.07, 6.45) is 4.71. The second-order valence-corrected chi connectivity index (χ2v) is 10.7. The first-order valence-corrected chi connectivity index (χ1v) is 11.9. The Balaban J connectivity index is 1.34. The maximum Gasteiger partial charge on any atom is 0.252 e. The molecule has 3 heterocycles. The molecule has 7 nitrogen and oxygen atoms in total. The van der Waals surface area contributed by atoms with Crippen molar-refractivity contribution in [3.8, 4) is 0 Å². The molecule has 1 aromatic rings. The van der Waals surface area contributed by atoms with Crippen LogP contribution >= 0.6 is 11.3 Å². The molecule has 1 aliphatic carbocycles. The Morgan fingerprint density at radius 1 is 1.11 bits per heavy atom. The minimum atomic E-state index is -3.46. The summed E-state index contributed by atoms with van der Waals surface area (Å²) < 4.78 is 27.0. The van der Waals surface area contributed by atoms with Crippen molar-refractivity contribution in [1.82, 2.24) is 14.1 Å². The first-order valence-electron chi connectivity index (χ1n) is 9.59. The lowest BCUT2D eigenvalue weighted by Crippen LogP contribution is -2.52. The zero-order valence-electron chi connectivity index (χ0n) is 15.2. The van der Waals surface area contributed by atoms with Gasteiger partial charge in [0.05, 0.1) is 5.92 Å². The van der Waals surface area contributed by atoms with Gasteiger partial charge in [-0.3, -0.25) is 9.59 Å². The van der Waals surface area contributed by atoms with Crippen molar-refractivity contribution in [2.75, 3.05) is 32.7 Å². The molecule has 2 amide bonds. The molecule has 0 radical (unpaired) electrons. The van der Waals surface area contributed by atoms with Crippen molar-refractivity contribution in [3.05, 3.63) is 17.5 Å². The average molecular weight is 412 g/mol. The van der Waals surface area contributed by atoms with Crippen molar-refractivity contribution >= 4 is 33.2 Å². The fourth-order valence-electron chi connectivity index (χ4n) is 4.41. The first-order chi connectivity index (χ1) is 13.0. The van der Waals surface area contributed by atoms with Crippen LogP contribution in [0, 0.1) is 5.92 Å². The second kappa shape index (κ2) is 7.52. The molecule has 3 fully saturated rings. The zero-order valence-corrected chi connectivity index (χ0v) is 16.9. The minimum Gasteiger partial charge on any atom is -0.340 e. The molecular formula is C18H25N3O4S2. The molecular weight excluding hydrogens is 386 g/mol. The quantitative estimate of drug-likeness (QED) is 0.750. The van der Waals surface area contributed by atoms with E-state index >= 15 is 0 Å². The van der Waals surface area contributed by atoms with Gasteiger partial charge < -0.3 is 9.80 Å². The van der Waals surface area contributed by atoms with Crippen molar-refractivity contribution < 1.29 is 18.0 Å². The summed E-state index contributed by atoms with van der Waals surface area (Å²) in [4.78, 5) is 28.9. The van der Waals surface area contributed by atoms with E-state index in [-0.39, 0.29) is 17.7 Å². The first kappa shape index (κ1) is 18.9. The molecule has 4 rings (SSSR count). The van der Waals surface area contributed by atoms with Gasteiger partial charge in [-0.1, -0.05) is 18.9 Å². The summed E-state index contributed by atoms with van der Waals surface area (Å²) in [5.74, 6) is -0.185. The predicted octanol–water partition coefficient (Wildman–Crippen LogP) is 1.37. The molecule has 2 saturated heterocycles. The van der Waals surface area contributed by atoms with E-state index in [4.69, 9.17) is 0 Å². The Labute approximate surface area is 164 Å². The number of hydrogen-bond donors (Lipinski definition) is 0. The summed E-state index contributed by atoms with van der Waals surface area (Å²) in [7, 11) is -3.46. The lowest BCUT2D eigenvalue weighted by atomic mass is 10.1. The van der Waals surface area contributed by atoms with Crippen LogP contribution in [-0.4, -0.2) is 73.1 Å². The Hall–Kier alpha value is -1.45. The maximum absolute atomic E-state index is 12.9. The molecule has 0 N–H and O–H groups in total. The van der Waals surface area contributed by atoms with Gasteiger partial charge >= 0.3 is 0 Å². The highest BCUT2D eigenvalue weighted by molar-refractivity contribution is 7.91. The number of carbonyl (C=O) groups excluding carboxylic acids is 2. The second-order valence-electron chi connectivity index (χ2n) is 7.55. The van der Waals surface area contributed by atoms with Crippen LogP contribution in [0.1, 0.15) is 32.1 Å². The largest absolute Gasteiger partial charge is 0.340 e. The third kappa shape index (κ3) is 3.64. The maximum atomic E-state index is 12.9. The number of nitrogens with zero attached hydrogens (tertiary/aromatic N) is 3. The van der Waals surface area contributed by atoms with Crippen LogP contribution in [-0.2, 0) is 19.6 Å². The fourth-order valence-corrected chi connectivity index (χ4v) is 6.98.